The molecule has 3 aromatic rings. The fraction of sp³-hybridized carbons (Fsp3) is 0.353. The number of aliphatic hydroxyl groups is 1. The first kappa shape index (κ1) is 14.9. The lowest BCUT2D eigenvalue weighted by molar-refractivity contribution is 0.0266. The first-order chi connectivity index (χ1) is 11.5. The number of β-amino-alcohol motifs (C(OH)–C–C–N with tert-alkyl or cyclic N) is 1. The van der Waals surface area contributed by atoms with Gasteiger partial charge in [0.05, 0.1) is 19.3 Å². The van der Waals surface area contributed by atoms with E-state index in [0.29, 0.717) is 31.7 Å². The number of hydrogen-bond acceptors (Lipinski definition) is 4. The highest BCUT2D eigenvalue weighted by Gasteiger charge is 2.39. The summed E-state index contributed by atoms with van der Waals surface area (Å²) >= 11 is 0. The molecule has 0 radical (unpaired) electrons. The van der Waals surface area contributed by atoms with Gasteiger partial charge in [-0.15, -0.1) is 5.10 Å². The molecule has 7 nitrogen and oxygen atoms in total. The lowest BCUT2D eigenvalue weighted by Crippen LogP contribution is -2.39. The Hall–Kier alpha value is -2.67. The maximum Gasteiger partial charge on any atom is 0.270 e. The number of benzene rings is 1. The van der Waals surface area contributed by atoms with E-state index in [-0.39, 0.29) is 5.91 Å². The molecular weight excluding hydrogens is 306 g/mol. The van der Waals surface area contributed by atoms with Crippen LogP contribution in [0.3, 0.4) is 0 Å². The molecule has 1 aliphatic rings. The van der Waals surface area contributed by atoms with Crippen molar-refractivity contribution in [1.82, 2.24) is 24.9 Å². The molecule has 0 spiro atoms. The van der Waals surface area contributed by atoms with Crippen molar-refractivity contribution >= 4 is 16.8 Å². The number of amides is 1. The van der Waals surface area contributed by atoms with Crippen molar-refractivity contribution in [2.45, 2.75) is 25.5 Å². The van der Waals surface area contributed by atoms with Gasteiger partial charge in [0.1, 0.15) is 11.3 Å². The predicted octanol–water partition coefficient (Wildman–Crippen LogP) is 1.35. The lowest BCUT2D eigenvalue weighted by Gasteiger charge is -2.22. The van der Waals surface area contributed by atoms with Crippen molar-refractivity contribution < 1.29 is 9.90 Å². The summed E-state index contributed by atoms with van der Waals surface area (Å²) < 4.78 is 1.60. The van der Waals surface area contributed by atoms with Crippen molar-refractivity contribution in [2.75, 3.05) is 13.1 Å². The molecule has 7 heteroatoms. The summed E-state index contributed by atoms with van der Waals surface area (Å²) in [5.41, 5.74) is 1.69. The molecule has 4 rings (SSSR count). The van der Waals surface area contributed by atoms with Crippen LogP contribution in [0.2, 0.25) is 0 Å². The summed E-state index contributed by atoms with van der Waals surface area (Å²) in [6.07, 6.45) is 3.81. The summed E-state index contributed by atoms with van der Waals surface area (Å²) in [4.78, 5) is 17.6. The van der Waals surface area contributed by atoms with E-state index < -0.39 is 5.60 Å². The van der Waals surface area contributed by atoms with Crippen LogP contribution in [0.1, 0.15) is 22.5 Å². The Kier molecular flexibility index (Phi) is 3.38. The van der Waals surface area contributed by atoms with E-state index in [9.17, 15) is 9.90 Å². The number of nitrogens with one attached hydrogen (secondary N) is 1. The Bertz CT molecular complexity index is 886. The van der Waals surface area contributed by atoms with Gasteiger partial charge in [0.2, 0.25) is 0 Å². The van der Waals surface area contributed by atoms with E-state index in [0.717, 1.165) is 16.5 Å². The quantitative estimate of drug-likeness (QED) is 0.761. The second-order valence-electron chi connectivity index (χ2n) is 6.58. The van der Waals surface area contributed by atoms with Crippen molar-refractivity contribution in [1.29, 1.82) is 0 Å². The third-order valence-electron chi connectivity index (χ3n) is 4.56. The lowest BCUT2D eigenvalue weighted by atomic mass is 10.0. The molecular formula is C17H19N5O2. The number of likely N-dealkylation sites (tertiary alicyclic amines) is 1. The number of aromatic amines is 1. The average Bonchev–Trinajstić information content (AvgIpc) is 3.26. The van der Waals surface area contributed by atoms with Gasteiger partial charge in [-0.2, -0.15) is 0 Å². The number of carbonyl (C=O) groups is 1. The number of fused-ring (bicyclic) bond motifs is 1. The summed E-state index contributed by atoms with van der Waals surface area (Å²) in [5, 5.41) is 19.4. The highest BCUT2D eigenvalue weighted by Crippen LogP contribution is 2.25. The monoisotopic (exact) mass is 325 g/mol. The van der Waals surface area contributed by atoms with Gasteiger partial charge in [-0.25, -0.2) is 4.68 Å². The molecule has 0 bridgehead atoms. The summed E-state index contributed by atoms with van der Waals surface area (Å²) in [5.74, 6) is -0.0848. The van der Waals surface area contributed by atoms with E-state index >= 15 is 0 Å². The molecule has 1 saturated heterocycles. The van der Waals surface area contributed by atoms with Gasteiger partial charge < -0.3 is 15.0 Å². The minimum absolute atomic E-state index is 0.0848. The third kappa shape index (κ3) is 2.67. The Morgan fingerprint density at radius 2 is 2.29 bits per heavy atom. The van der Waals surface area contributed by atoms with Gasteiger partial charge in [0.25, 0.3) is 5.91 Å². The van der Waals surface area contributed by atoms with Crippen molar-refractivity contribution in [3.63, 3.8) is 0 Å². The molecule has 24 heavy (non-hydrogen) atoms. The number of hydrogen-bond donors (Lipinski definition) is 2. The van der Waals surface area contributed by atoms with E-state index in [2.05, 4.69) is 15.3 Å². The Labute approximate surface area is 138 Å². The van der Waals surface area contributed by atoms with Gasteiger partial charge in [-0.3, -0.25) is 4.79 Å². The van der Waals surface area contributed by atoms with Crippen molar-refractivity contribution in [2.24, 2.45) is 0 Å². The molecule has 1 atom stereocenters. The molecule has 0 aliphatic carbocycles. The van der Waals surface area contributed by atoms with Gasteiger partial charge >= 0.3 is 0 Å². The number of carbonyl (C=O) groups excluding carboxylic acids is 1. The fourth-order valence-corrected chi connectivity index (χ4v) is 3.30. The Balaban J connectivity index is 1.52. The number of aromatic nitrogens is 4. The van der Waals surface area contributed by atoms with E-state index in [4.69, 9.17) is 0 Å². The molecule has 1 aromatic carbocycles. The molecule has 0 saturated carbocycles. The average molecular weight is 325 g/mol. The zero-order valence-electron chi connectivity index (χ0n) is 13.4. The highest BCUT2D eigenvalue weighted by atomic mass is 16.3. The summed E-state index contributed by atoms with van der Waals surface area (Å²) in [7, 11) is 0. The van der Waals surface area contributed by atoms with Crippen molar-refractivity contribution in [3.05, 3.63) is 47.9 Å². The van der Waals surface area contributed by atoms with Crippen LogP contribution in [-0.4, -0.2) is 54.6 Å². The molecule has 1 unspecified atom stereocenters. The van der Waals surface area contributed by atoms with Crippen LogP contribution in [0.25, 0.3) is 10.9 Å². The standard InChI is InChI=1S/C17H19N5O2/c1-12-2-3-13-9-15(19-14(13)8-12)16(23)21-6-4-17(24,10-21)11-22-7-5-18-20-22/h2-3,5,7-9,19,24H,4,6,10-11H2,1H3. The first-order valence-corrected chi connectivity index (χ1v) is 7.98. The van der Waals surface area contributed by atoms with Gasteiger partial charge in [-0.05, 0) is 31.0 Å². The van der Waals surface area contributed by atoms with Crippen molar-refractivity contribution in [3.8, 4) is 0 Å². The number of rotatable bonds is 3. The number of H-pyrrole nitrogens is 1. The summed E-state index contributed by atoms with van der Waals surface area (Å²) in [6.45, 7) is 3.17. The topological polar surface area (TPSA) is 87.0 Å². The smallest absolute Gasteiger partial charge is 0.270 e. The van der Waals surface area contributed by atoms with Crippen LogP contribution >= 0.6 is 0 Å². The maximum absolute atomic E-state index is 12.7. The van der Waals surface area contributed by atoms with Crippen LogP contribution in [0.15, 0.2) is 36.7 Å². The Morgan fingerprint density at radius 3 is 3.08 bits per heavy atom. The minimum atomic E-state index is -0.966. The zero-order chi connectivity index (χ0) is 16.7. The largest absolute Gasteiger partial charge is 0.386 e. The number of nitrogens with zero attached hydrogens (tertiary/aromatic N) is 4. The van der Waals surface area contributed by atoms with Gasteiger partial charge in [0, 0.05) is 23.6 Å². The second kappa shape index (κ2) is 5.45. The molecule has 2 aromatic heterocycles. The van der Waals surface area contributed by atoms with E-state index in [1.54, 1.807) is 22.0 Å². The third-order valence-corrected chi connectivity index (χ3v) is 4.56. The molecule has 2 N–H and O–H groups in total. The zero-order valence-corrected chi connectivity index (χ0v) is 13.4. The van der Waals surface area contributed by atoms with E-state index in [1.165, 1.54) is 0 Å². The van der Waals surface area contributed by atoms with Gasteiger partial charge in [-0.1, -0.05) is 17.3 Å². The number of aryl methyl sites for hydroxylation is 1. The Morgan fingerprint density at radius 1 is 1.42 bits per heavy atom. The predicted molar refractivity (Wildman–Crippen MR) is 88.5 cm³/mol. The van der Waals surface area contributed by atoms with Gasteiger partial charge in [0.15, 0.2) is 0 Å². The second-order valence-corrected chi connectivity index (χ2v) is 6.58. The molecule has 1 amide bonds. The molecule has 124 valence electrons. The van der Waals surface area contributed by atoms with Crippen LogP contribution in [0.5, 0.6) is 0 Å². The molecule has 1 aliphatic heterocycles. The maximum atomic E-state index is 12.7. The molecule has 1 fully saturated rings. The van der Waals surface area contributed by atoms with Crippen LogP contribution in [-0.2, 0) is 6.54 Å². The van der Waals surface area contributed by atoms with Crippen LogP contribution < -0.4 is 0 Å². The minimum Gasteiger partial charge on any atom is -0.386 e. The van der Waals surface area contributed by atoms with E-state index in [1.807, 2.05) is 31.2 Å². The van der Waals surface area contributed by atoms with Crippen LogP contribution in [0.4, 0.5) is 0 Å². The molecule has 3 heterocycles. The highest BCUT2D eigenvalue weighted by molar-refractivity contribution is 5.98. The summed E-state index contributed by atoms with van der Waals surface area (Å²) in [6, 6.07) is 7.92. The fourth-order valence-electron chi connectivity index (χ4n) is 3.30. The van der Waals surface area contributed by atoms with Crippen LogP contribution in [0, 0.1) is 6.92 Å². The normalized spacial score (nSPS) is 20.8. The SMILES string of the molecule is Cc1ccc2cc(C(=O)N3CCC(O)(Cn4ccnn4)C3)[nH]c2c1. The first-order valence-electron chi connectivity index (χ1n) is 7.98.